The summed E-state index contributed by atoms with van der Waals surface area (Å²) in [6.45, 7) is 5.36. The van der Waals surface area contributed by atoms with Gasteiger partial charge in [-0.15, -0.1) is 0 Å². The largest absolute Gasteiger partial charge is 0.494 e. The number of halogens is 1. The monoisotopic (exact) mass is 679 g/mol. The van der Waals surface area contributed by atoms with Gasteiger partial charge >= 0.3 is 0 Å². The van der Waals surface area contributed by atoms with E-state index in [1.807, 2.05) is 13.8 Å². The molecule has 0 bridgehead atoms. The number of ether oxygens (including phenoxy) is 2. The molecule has 1 aliphatic heterocycles. The van der Waals surface area contributed by atoms with Crippen LogP contribution >= 0.6 is 35.6 Å². The molecule has 3 aromatic rings. The first-order chi connectivity index (χ1) is 21.0. The molecule has 4 N–H and O–H groups in total. The van der Waals surface area contributed by atoms with Gasteiger partial charge in [-0.1, -0.05) is 47.7 Å². The number of sulfonamides is 1. The molecule has 12 nitrogen and oxygen atoms in total. The number of nitrogens with zero attached hydrogens (tertiary/aromatic N) is 3. The summed E-state index contributed by atoms with van der Waals surface area (Å²) in [7, 11) is -0.642. The number of hydrogen-bond acceptors (Lipinski definition) is 11. The normalized spacial score (nSPS) is 16.6. The number of benzene rings is 2. The summed E-state index contributed by atoms with van der Waals surface area (Å²) in [6, 6.07) is 11.7. The molecule has 0 aliphatic carbocycles. The average molecular weight is 680 g/mol. The summed E-state index contributed by atoms with van der Waals surface area (Å²) < 4.78 is 40.1. The van der Waals surface area contributed by atoms with Gasteiger partial charge in [0, 0.05) is 32.0 Å². The zero-order chi connectivity index (χ0) is 31.9. The maximum absolute atomic E-state index is 12.8. The molecular weight excluding hydrogens is 646 g/mol. The Morgan fingerprint density at radius 1 is 1.16 bits per heavy atom. The number of aromatic nitrogens is 2. The van der Waals surface area contributed by atoms with Crippen LogP contribution in [0.1, 0.15) is 24.2 Å². The van der Waals surface area contributed by atoms with E-state index in [-0.39, 0.29) is 40.7 Å². The van der Waals surface area contributed by atoms with Crippen LogP contribution in [-0.2, 0) is 14.8 Å². The Hall–Kier alpha value is -3.37. The topological polar surface area (TPSA) is 147 Å². The standard InChI is InChI=1S/C28H34ClN7O5S3/c1-17-15-36(16-18(2)41-17)28(42)43-11-12-44(38,39)35-19-9-10-23(24(13-19)40-4)33-27-31-14-21(29)25(34-27)32-22-8-6-5-7-20(22)26(37)30-3/h5-10,13-14,17-18,35H,11-12,15-16H2,1-4H3,(H,30,37)(H2,31,32,33,34)/t17-,18+. The highest BCUT2D eigenvalue weighted by molar-refractivity contribution is 8.23. The molecule has 236 valence electrons. The summed E-state index contributed by atoms with van der Waals surface area (Å²) in [5.41, 5.74) is 1.75. The van der Waals surface area contributed by atoms with Gasteiger partial charge in [-0.2, -0.15) is 4.98 Å². The average Bonchev–Trinajstić information content (AvgIpc) is 2.98. The van der Waals surface area contributed by atoms with E-state index >= 15 is 0 Å². The number of hydrogen-bond donors (Lipinski definition) is 4. The van der Waals surface area contributed by atoms with Gasteiger partial charge in [-0.25, -0.2) is 13.4 Å². The first-order valence-electron chi connectivity index (χ1n) is 13.6. The summed E-state index contributed by atoms with van der Waals surface area (Å²) >= 11 is 13.2. The highest BCUT2D eigenvalue weighted by Gasteiger charge is 2.24. The molecule has 1 fully saturated rings. The van der Waals surface area contributed by atoms with E-state index in [0.717, 1.165) is 0 Å². The zero-order valence-corrected chi connectivity index (χ0v) is 27.8. The minimum Gasteiger partial charge on any atom is -0.494 e. The number of nitrogens with one attached hydrogen (secondary N) is 4. The third-order valence-corrected chi connectivity index (χ3v) is 9.72. The lowest BCUT2D eigenvalue weighted by molar-refractivity contribution is -0.0465. The van der Waals surface area contributed by atoms with Crippen molar-refractivity contribution < 1.29 is 22.7 Å². The van der Waals surface area contributed by atoms with E-state index in [2.05, 4.69) is 35.5 Å². The lowest BCUT2D eigenvalue weighted by Gasteiger charge is -2.36. The Kier molecular flexibility index (Phi) is 11.5. The van der Waals surface area contributed by atoms with Gasteiger partial charge in [-0.3, -0.25) is 9.52 Å². The first kappa shape index (κ1) is 33.5. The molecule has 44 heavy (non-hydrogen) atoms. The van der Waals surface area contributed by atoms with Crippen molar-refractivity contribution in [2.24, 2.45) is 0 Å². The van der Waals surface area contributed by atoms with Crippen LogP contribution in [0, 0.1) is 0 Å². The maximum atomic E-state index is 12.8. The number of methoxy groups -OCH3 is 1. The minimum atomic E-state index is -3.66. The molecule has 1 amide bonds. The number of thioether (sulfide) groups is 1. The van der Waals surface area contributed by atoms with Crippen molar-refractivity contribution in [2.45, 2.75) is 26.1 Å². The van der Waals surface area contributed by atoms with E-state index in [4.69, 9.17) is 33.3 Å². The van der Waals surface area contributed by atoms with Crippen LogP contribution in [0.3, 0.4) is 0 Å². The van der Waals surface area contributed by atoms with Crippen LogP contribution in [-0.4, -0.2) is 84.5 Å². The molecule has 0 unspecified atom stereocenters. The van der Waals surface area contributed by atoms with Crippen LogP contribution in [0.15, 0.2) is 48.7 Å². The molecule has 1 aliphatic rings. The van der Waals surface area contributed by atoms with Gasteiger partial charge in [0.15, 0.2) is 5.82 Å². The Balaban J connectivity index is 1.39. The molecule has 1 aromatic heterocycles. The Morgan fingerprint density at radius 3 is 2.59 bits per heavy atom. The fourth-order valence-electron chi connectivity index (χ4n) is 4.43. The highest BCUT2D eigenvalue weighted by Crippen LogP contribution is 2.32. The molecular formula is C28H34ClN7O5S3. The van der Waals surface area contributed by atoms with Crippen molar-refractivity contribution in [3.63, 3.8) is 0 Å². The van der Waals surface area contributed by atoms with Crippen LogP contribution in [0.25, 0.3) is 0 Å². The third kappa shape index (κ3) is 9.08. The lowest BCUT2D eigenvalue weighted by Crippen LogP contribution is -2.46. The van der Waals surface area contributed by atoms with Crippen LogP contribution in [0.4, 0.5) is 28.8 Å². The molecule has 2 aromatic carbocycles. The summed E-state index contributed by atoms with van der Waals surface area (Å²) in [5.74, 6) is 0.749. The smallest absolute Gasteiger partial charge is 0.253 e. The molecule has 2 atom stereocenters. The van der Waals surface area contributed by atoms with E-state index in [1.54, 1.807) is 49.5 Å². The van der Waals surface area contributed by atoms with Crippen molar-refractivity contribution in [3.05, 3.63) is 59.2 Å². The quantitative estimate of drug-likeness (QED) is 0.205. The summed E-state index contributed by atoms with van der Waals surface area (Å²) in [5, 5.41) is 8.99. The van der Waals surface area contributed by atoms with E-state index < -0.39 is 10.0 Å². The van der Waals surface area contributed by atoms with Crippen molar-refractivity contribution in [3.8, 4) is 5.75 Å². The fraction of sp³-hybridized carbons (Fsp3) is 0.357. The predicted molar refractivity (Wildman–Crippen MR) is 180 cm³/mol. The Morgan fingerprint density at radius 2 is 1.89 bits per heavy atom. The molecule has 4 rings (SSSR count). The van der Waals surface area contributed by atoms with E-state index in [9.17, 15) is 13.2 Å². The van der Waals surface area contributed by atoms with Crippen molar-refractivity contribution in [2.75, 3.05) is 54.1 Å². The number of rotatable bonds is 11. The third-order valence-electron chi connectivity index (χ3n) is 6.37. The van der Waals surface area contributed by atoms with Gasteiger partial charge in [0.1, 0.15) is 15.1 Å². The number of thiocarbonyl (C=S) groups is 1. The zero-order valence-electron chi connectivity index (χ0n) is 24.6. The highest BCUT2D eigenvalue weighted by atomic mass is 35.5. The maximum Gasteiger partial charge on any atom is 0.253 e. The van der Waals surface area contributed by atoms with Crippen LogP contribution in [0.2, 0.25) is 5.02 Å². The second kappa shape index (κ2) is 15.1. The molecule has 2 heterocycles. The lowest BCUT2D eigenvalue weighted by atomic mass is 10.1. The SMILES string of the molecule is CNC(=O)c1ccccc1Nc1nc(Nc2ccc(NS(=O)(=O)CCSC(=S)N3C[C@@H](C)O[C@@H](C)C3)cc2OC)ncc1Cl. The number of morpholine rings is 1. The molecule has 16 heteroatoms. The predicted octanol–water partition coefficient (Wildman–Crippen LogP) is 4.85. The summed E-state index contributed by atoms with van der Waals surface area (Å²) in [6.07, 6.45) is 1.55. The van der Waals surface area contributed by atoms with Crippen molar-refractivity contribution in [1.29, 1.82) is 0 Å². The van der Waals surface area contributed by atoms with Gasteiger partial charge in [0.2, 0.25) is 16.0 Å². The van der Waals surface area contributed by atoms with E-state index in [0.29, 0.717) is 51.5 Å². The van der Waals surface area contributed by atoms with Crippen LogP contribution in [0.5, 0.6) is 5.75 Å². The van der Waals surface area contributed by atoms with Gasteiger partial charge < -0.3 is 30.3 Å². The van der Waals surface area contributed by atoms with E-state index in [1.165, 1.54) is 25.1 Å². The first-order valence-corrected chi connectivity index (χ1v) is 17.0. The van der Waals surface area contributed by atoms with Gasteiger partial charge in [0.25, 0.3) is 5.91 Å². The molecule has 0 saturated carbocycles. The fourth-order valence-corrected chi connectivity index (χ4v) is 7.28. The number of carbonyl (C=O) groups excluding carboxylic acids is 1. The van der Waals surface area contributed by atoms with Gasteiger partial charge in [0.05, 0.1) is 53.9 Å². The van der Waals surface area contributed by atoms with Gasteiger partial charge in [-0.05, 0) is 38.1 Å². The Bertz CT molecular complexity index is 1600. The molecule has 0 radical (unpaired) electrons. The molecule has 1 saturated heterocycles. The minimum absolute atomic E-state index is 0.0675. The Labute approximate surface area is 271 Å². The number of amides is 1. The summed E-state index contributed by atoms with van der Waals surface area (Å²) in [4.78, 5) is 23.0. The van der Waals surface area contributed by atoms with Crippen LogP contribution < -0.4 is 25.4 Å². The number of carbonyl (C=O) groups is 1. The number of para-hydroxylation sites is 1. The molecule has 0 spiro atoms. The number of anilines is 5. The van der Waals surface area contributed by atoms with Crippen molar-refractivity contribution >= 4 is 84.7 Å². The second-order valence-electron chi connectivity index (χ2n) is 9.88. The second-order valence-corrected chi connectivity index (χ2v) is 13.9. The van der Waals surface area contributed by atoms with Crippen molar-refractivity contribution in [1.82, 2.24) is 20.2 Å².